The number of hydrogen-bond donors (Lipinski definition) is 1. The standard InChI is InChI=1S/C17H12ClN3/c18-15-13-6-2-1-4-11(13)7-8-14(15)21-17-16-12(10-20-17)5-3-9-19-16/h1-9H,10H2,(H,20,21). The molecule has 0 bridgehead atoms. The van der Waals surface area contributed by atoms with Crippen molar-refractivity contribution >= 4 is 33.9 Å². The Kier molecular flexibility index (Phi) is 2.86. The first kappa shape index (κ1) is 12.4. The molecule has 0 saturated carbocycles. The summed E-state index contributed by atoms with van der Waals surface area (Å²) in [5.74, 6) is 0.780. The number of nitrogens with one attached hydrogen (secondary N) is 1. The summed E-state index contributed by atoms with van der Waals surface area (Å²) < 4.78 is 0. The van der Waals surface area contributed by atoms with Gasteiger partial charge in [-0.15, -0.1) is 0 Å². The number of benzene rings is 2. The van der Waals surface area contributed by atoms with Crippen LogP contribution in [-0.4, -0.2) is 10.8 Å². The van der Waals surface area contributed by atoms with Crippen LogP contribution in [0.25, 0.3) is 10.8 Å². The van der Waals surface area contributed by atoms with E-state index in [1.807, 2.05) is 36.4 Å². The van der Waals surface area contributed by atoms with Gasteiger partial charge in [0.2, 0.25) is 0 Å². The monoisotopic (exact) mass is 293 g/mol. The summed E-state index contributed by atoms with van der Waals surface area (Å²) in [6, 6.07) is 16.1. The van der Waals surface area contributed by atoms with Gasteiger partial charge in [0.15, 0.2) is 5.84 Å². The zero-order valence-electron chi connectivity index (χ0n) is 11.2. The van der Waals surface area contributed by atoms with Crippen LogP contribution in [0.15, 0.2) is 59.7 Å². The lowest BCUT2D eigenvalue weighted by Crippen LogP contribution is -2.13. The molecule has 1 aliphatic heterocycles. The quantitative estimate of drug-likeness (QED) is 0.728. The third kappa shape index (κ3) is 2.06. The minimum Gasteiger partial charge on any atom is -0.337 e. The molecule has 21 heavy (non-hydrogen) atoms. The van der Waals surface area contributed by atoms with Crippen LogP contribution in [0.2, 0.25) is 5.02 Å². The van der Waals surface area contributed by atoms with Crippen LogP contribution in [0.1, 0.15) is 11.3 Å². The van der Waals surface area contributed by atoms with Gasteiger partial charge in [0.05, 0.1) is 17.3 Å². The SMILES string of the molecule is Clc1c(NC2=NCc3cccnc32)ccc2ccccc12. The first-order chi connectivity index (χ1) is 10.3. The number of anilines is 1. The van der Waals surface area contributed by atoms with E-state index in [0.29, 0.717) is 11.6 Å². The normalized spacial score (nSPS) is 13.1. The van der Waals surface area contributed by atoms with Crippen molar-refractivity contribution in [2.75, 3.05) is 5.32 Å². The van der Waals surface area contributed by atoms with E-state index in [2.05, 4.69) is 27.4 Å². The number of halogens is 1. The Morgan fingerprint density at radius 2 is 1.90 bits per heavy atom. The van der Waals surface area contributed by atoms with E-state index in [1.54, 1.807) is 6.20 Å². The first-order valence-electron chi connectivity index (χ1n) is 6.76. The van der Waals surface area contributed by atoms with Gasteiger partial charge in [-0.1, -0.05) is 48.0 Å². The van der Waals surface area contributed by atoms with E-state index in [4.69, 9.17) is 11.6 Å². The van der Waals surface area contributed by atoms with Crippen LogP contribution in [-0.2, 0) is 6.54 Å². The lowest BCUT2D eigenvalue weighted by molar-refractivity contribution is 1.09. The molecule has 0 aliphatic carbocycles. The highest BCUT2D eigenvalue weighted by Crippen LogP contribution is 2.31. The van der Waals surface area contributed by atoms with Crippen LogP contribution in [0.4, 0.5) is 5.69 Å². The molecule has 102 valence electrons. The van der Waals surface area contributed by atoms with Crippen molar-refractivity contribution in [3.63, 3.8) is 0 Å². The van der Waals surface area contributed by atoms with Gasteiger partial charge >= 0.3 is 0 Å². The van der Waals surface area contributed by atoms with Gasteiger partial charge in [-0.3, -0.25) is 9.98 Å². The number of amidine groups is 1. The second-order valence-electron chi connectivity index (χ2n) is 4.95. The zero-order valence-corrected chi connectivity index (χ0v) is 11.9. The summed E-state index contributed by atoms with van der Waals surface area (Å²) in [5.41, 5.74) is 2.89. The van der Waals surface area contributed by atoms with E-state index in [-0.39, 0.29) is 0 Å². The molecule has 0 unspecified atom stereocenters. The second kappa shape index (κ2) is 4.86. The average Bonchev–Trinajstić information content (AvgIpc) is 2.94. The third-order valence-corrected chi connectivity index (χ3v) is 4.05. The number of pyridine rings is 1. The van der Waals surface area contributed by atoms with Crippen LogP contribution in [0, 0.1) is 0 Å². The van der Waals surface area contributed by atoms with Crippen molar-refractivity contribution in [1.82, 2.24) is 4.98 Å². The third-order valence-electron chi connectivity index (χ3n) is 3.64. The molecule has 0 saturated heterocycles. The number of aliphatic imine (C=N–C) groups is 1. The van der Waals surface area contributed by atoms with Crippen LogP contribution >= 0.6 is 11.6 Å². The van der Waals surface area contributed by atoms with Crippen LogP contribution in [0.3, 0.4) is 0 Å². The Hall–Kier alpha value is -2.39. The lowest BCUT2D eigenvalue weighted by atomic mass is 10.1. The van der Waals surface area contributed by atoms with Crippen molar-refractivity contribution in [2.24, 2.45) is 4.99 Å². The topological polar surface area (TPSA) is 37.3 Å². The molecule has 2 heterocycles. The summed E-state index contributed by atoms with van der Waals surface area (Å²) >= 11 is 6.51. The van der Waals surface area contributed by atoms with Crippen molar-refractivity contribution in [2.45, 2.75) is 6.54 Å². The Bertz CT molecular complexity index is 871. The van der Waals surface area contributed by atoms with Gasteiger partial charge in [-0.2, -0.15) is 0 Å². The molecule has 3 nitrogen and oxygen atoms in total. The van der Waals surface area contributed by atoms with Gasteiger partial charge < -0.3 is 5.32 Å². The highest BCUT2D eigenvalue weighted by molar-refractivity contribution is 6.39. The van der Waals surface area contributed by atoms with E-state index < -0.39 is 0 Å². The van der Waals surface area contributed by atoms with E-state index >= 15 is 0 Å². The Morgan fingerprint density at radius 3 is 2.86 bits per heavy atom. The fraction of sp³-hybridized carbons (Fsp3) is 0.0588. The molecule has 0 fully saturated rings. The Morgan fingerprint density at radius 1 is 1.00 bits per heavy atom. The molecule has 0 spiro atoms. The first-order valence-corrected chi connectivity index (χ1v) is 7.14. The molecule has 0 atom stereocenters. The van der Waals surface area contributed by atoms with Crippen molar-refractivity contribution in [3.05, 3.63) is 71.0 Å². The van der Waals surface area contributed by atoms with Crippen LogP contribution in [0.5, 0.6) is 0 Å². The molecular weight excluding hydrogens is 282 g/mol. The predicted molar refractivity (Wildman–Crippen MR) is 87.1 cm³/mol. The van der Waals surface area contributed by atoms with Gasteiger partial charge in [-0.05, 0) is 17.5 Å². The molecule has 4 heteroatoms. The maximum absolute atomic E-state index is 6.51. The summed E-state index contributed by atoms with van der Waals surface area (Å²) in [5, 5.41) is 6.18. The number of aromatic nitrogens is 1. The predicted octanol–water partition coefficient (Wildman–Crippen LogP) is 4.26. The van der Waals surface area contributed by atoms with Crippen molar-refractivity contribution in [3.8, 4) is 0 Å². The summed E-state index contributed by atoms with van der Waals surface area (Å²) in [6.07, 6.45) is 1.78. The van der Waals surface area contributed by atoms with Gasteiger partial charge in [0.25, 0.3) is 0 Å². The molecular formula is C17H12ClN3. The minimum absolute atomic E-state index is 0.663. The summed E-state index contributed by atoms with van der Waals surface area (Å²) in [4.78, 5) is 8.90. The smallest absolute Gasteiger partial charge is 0.152 e. The second-order valence-corrected chi connectivity index (χ2v) is 5.33. The fourth-order valence-electron chi connectivity index (χ4n) is 2.57. The van der Waals surface area contributed by atoms with E-state index in [9.17, 15) is 0 Å². The van der Waals surface area contributed by atoms with E-state index in [1.165, 1.54) is 0 Å². The maximum atomic E-state index is 6.51. The Labute approximate surface area is 127 Å². The number of fused-ring (bicyclic) bond motifs is 2. The number of rotatable bonds is 1. The molecule has 0 amide bonds. The molecule has 3 aromatic rings. The largest absolute Gasteiger partial charge is 0.337 e. The molecule has 1 N–H and O–H groups in total. The minimum atomic E-state index is 0.663. The van der Waals surface area contributed by atoms with Crippen LogP contribution < -0.4 is 5.32 Å². The zero-order chi connectivity index (χ0) is 14.2. The molecule has 1 aliphatic rings. The van der Waals surface area contributed by atoms with Crippen molar-refractivity contribution < 1.29 is 0 Å². The highest BCUT2D eigenvalue weighted by atomic mass is 35.5. The lowest BCUT2D eigenvalue weighted by Gasteiger charge is -2.10. The summed E-state index contributed by atoms with van der Waals surface area (Å²) in [7, 11) is 0. The number of hydrogen-bond acceptors (Lipinski definition) is 3. The van der Waals surface area contributed by atoms with Gasteiger partial charge in [0, 0.05) is 17.1 Å². The van der Waals surface area contributed by atoms with Gasteiger partial charge in [-0.25, -0.2) is 0 Å². The molecule has 1 aromatic heterocycles. The summed E-state index contributed by atoms with van der Waals surface area (Å²) in [6.45, 7) is 0.663. The molecule has 0 radical (unpaired) electrons. The molecule has 2 aromatic carbocycles. The molecule has 4 rings (SSSR count). The fourth-order valence-corrected chi connectivity index (χ4v) is 2.86. The maximum Gasteiger partial charge on any atom is 0.152 e. The van der Waals surface area contributed by atoms with Gasteiger partial charge in [0.1, 0.15) is 5.69 Å². The Balaban J connectivity index is 1.75. The number of nitrogens with zero attached hydrogens (tertiary/aromatic N) is 2. The highest BCUT2D eigenvalue weighted by Gasteiger charge is 2.18. The average molecular weight is 294 g/mol. The van der Waals surface area contributed by atoms with E-state index in [0.717, 1.165) is 33.6 Å². The van der Waals surface area contributed by atoms with Crippen molar-refractivity contribution in [1.29, 1.82) is 0 Å².